The predicted molar refractivity (Wildman–Crippen MR) is 110 cm³/mol. The first-order chi connectivity index (χ1) is 13.4. The Morgan fingerprint density at radius 2 is 1.93 bits per heavy atom. The fourth-order valence-corrected chi connectivity index (χ4v) is 4.28. The molecule has 0 unspecified atom stereocenters. The average Bonchev–Trinajstić information content (AvgIpc) is 3.08. The van der Waals surface area contributed by atoms with Crippen LogP contribution in [-0.4, -0.2) is 35.7 Å². The van der Waals surface area contributed by atoms with Gasteiger partial charge in [0.25, 0.3) is 0 Å². The molecule has 0 bridgehead atoms. The van der Waals surface area contributed by atoms with Gasteiger partial charge in [-0.15, -0.1) is 0 Å². The first-order valence-corrected chi connectivity index (χ1v) is 10.8. The first-order valence-electron chi connectivity index (χ1n) is 9.17. The zero-order valence-electron chi connectivity index (χ0n) is 16.0. The lowest BCUT2D eigenvalue weighted by Gasteiger charge is -2.10. The number of hydrogen-bond acceptors (Lipinski definition) is 5. The second-order valence-electron chi connectivity index (χ2n) is 6.63. The minimum atomic E-state index is -3.30. The van der Waals surface area contributed by atoms with Crippen LogP contribution in [0.2, 0.25) is 0 Å². The Bertz CT molecular complexity index is 1290. The van der Waals surface area contributed by atoms with Crippen molar-refractivity contribution in [1.29, 1.82) is 0 Å². The number of H-pyrrole nitrogens is 1. The summed E-state index contributed by atoms with van der Waals surface area (Å²) in [5.74, 6) is 0.568. The van der Waals surface area contributed by atoms with Crippen LogP contribution in [0, 0.1) is 6.92 Å². The van der Waals surface area contributed by atoms with Gasteiger partial charge in [0.2, 0.25) is 5.88 Å². The Morgan fingerprint density at radius 1 is 1.11 bits per heavy atom. The number of pyridine rings is 2. The summed E-state index contributed by atoms with van der Waals surface area (Å²) in [4.78, 5) is 12.6. The third-order valence-corrected chi connectivity index (χ3v) is 6.48. The number of aromatic amines is 1. The fraction of sp³-hybridized carbons (Fsp3) is 0.238. The molecule has 0 aliphatic rings. The van der Waals surface area contributed by atoms with Crippen molar-refractivity contribution in [3.8, 4) is 17.0 Å². The van der Waals surface area contributed by atoms with Crippen LogP contribution in [0.5, 0.6) is 5.88 Å². The van der Waals surface area contributed by atoms with Gasteiger partial charge in [-0.1, -0.05) is 19.1 Å². The van der Waals surface area contributed by atoms with Crippen molar-refractivity contribution in [2.24, 2.45) is 0 Å². The molecule has 1 N–H and O–H groups in total. The highest BCUT2D eigenvalue weighted by molar-refractivity contribution is 7.91. The molecule has 0 saturated carbocycles. The highest BCUT2D eigenvalue weighted by Gasteiger charge is 2.18. The van der Waals surface area contributed by atoms with Crippen LogP contribution in [0.3, 0.4) is 0 Å². The molecule has 7 heteroatoms. The number of hydrogen-bond donors (Lipinski definition) is 1. The van der Waals surface area contributed by atoms with Gasteiger partial charge in [-0.05, 0) is 43.2 Å². The van der Waals surface area contributed by atoms with Crippen LogP contribution in [0.4, 0.5) is 0 Å². The minimum absolute atomic E-state index is 0.0591. The molecule has 0 atom stereocenters. The van der Waals surface area contributed by atoms with Crippen molar-refractivity contribution in [1.82, 2.24) is 15.0 Å². The normalized spacial score (nSPS) is 12.0. The van der Waals surface area contributed by atoms with Gasteiger partial charge >= 0.3 is 0 Å². The van der Waals surface area contributed by atoms with Crippen LogP contribution in [0.1, 0.15) is 19.4 Å². The van der Waals surface area contributed by atoms with Gasteiger partial charge < -0.3 is 9.72 Å². The van der Waals surface area contributed by atoms with Crippen molar-refractivity contribution in [3.05, 3.63) is 48.3 Å². The molecule has 0 aliphatic heterocycles. The van der Waals surface area contributed by atoms with E-state index in [2.05, 4.69) is 21.0 Å². The third-order valence-electron chi connectivity index (χ3n) is 4.75. The highest BCUT2D eigenvalue weighted by Crippen LogP contribution is 2.38. The lowest BCUT2D eigenvalue weighted by atomic mass is 10.0. The Hall–Kier alpha value is -2.93. The first kappa shape index (κ1) is 18.4. The molecule has 6 nitrogen and oxygen atoms in total. The lowest BCUT2D eigenvalue weighted by Crippen LogP contribution is -2.03. The number of aryl methyl sites for hydroxylation is 1. The monoisotopic (exact) mass is 395 g/mol. The van der Waals surface area contributed by atoms with E-state index >= 15 is 0 Å². The maximum Gasteiger partial charge on any atom is 0.238 e. The van der Waals surface area contributed by atoms with E-state index in [4.69, 9.17) is 4.74 Å². The number of nitrogens with one attached hydrogen (secondary N) is 1. The summed E-state index contributed by atoms with van der Waals surface area (Å²) in [6.07, 6.45) is 3.54. The number of fused-ring (bicyclic) bond motifs is 3. The molecular formula is C21H21N3O3S. The standard InChI is InChI=1S/C21H21N3O3S/c1-4-27-21-19-18(16-9-13(3)11-22-20(16)24-19)17(12-23-21)14-7-6-8-15(10-14)28(25,26)5-2/h6-12H,4-5H2,1-3H3,(H,22,24). The summed E-state index contributed by atoms with van der Waals surface area (Å²) >= 11 is 0. The fourth-order valence-electron chi connectivity index (χ4n) is 3.36. The summed E-state index contributed by atoms with van der Waals surface area (Å²) in [7, 11) is -3.30. The molecule has 3 aromatic heterocycles. The Morgan fingerprint density at radius 3 is 2.68 bits per heavy atom. The molecule has 1 aromatic carbocycles. The molecule has 0 amide bonds. The van der Waals surface area contributed by atoms with E-state index < -0.39 is 9.84 Å². The largest absolute Gasteiger partial charge is 0.476 e. The number of rotatable bonds is 5. The molecule has 4 rings (SSSR count). The molecule has 3 heterocycles. The number of nitrogens with zero attached hydrogens (tertiary/aromatic N) is 2. The van der Waals surface area contributed by atoms with E-state index in [0.717, 1.165) is 38.6 Å². The van der Waals surface area contributed by atoms with E-state index in [-0.39, 0.29) is 5.75 Å². The van der Waals surface area contributed by atoms with Crippen LogP contribution in [-0.2, 0) is 9.84 Å². The van der Waals surface area contributed by atoms with Gasteiger partial charge in [0.05, 0.1) is 17.3 Å². The van der Waals surface area contributed by atoms with Gasteiger partial charge in [0, 0.05) is 28.7 Å². The van der Waals surface area contributed by atoms with Crippen molar-refractivity contribution < 1.29 is 13.2 Å². The molecule has 0 saturated heterocycles. The smallest absolute Gasteiger partial charge is 0.238 e. The van der Waals surface area contributed by atoms with E-state index in [9.17, 15) is 8.42 Å². The Kier molecular flexibility index (Phi) is 4.55. The number of aromatic nitrogens is 3. The summed E-state index contributed by atoms with van der Waals surface area (Å²) in [6, 6.07) is 9.05. The van der Waals surface area contributed by atoms with Crippen LogP contribution >= 0.6 is 0 Å². The molecule has 4 aromatic rings. The molecule has 144 valence electrons. The maximum atomic E-state index is 12.3. The van der Waals surface area contributed by atoms with Crippen molar-refractivity contribution >= 4 is 31.8 Å². The van der Waals surface area contributed by atoms with Gasteiger partial charge in [-0.2, -0.15) is 0 Å². The summed E-state index contributed by atoms with van der Waals surface area (Å²) in [5.41, 5.74) is 4.17. The minimum Gasteiger partial charge on any atom is -0.476 e. The quantitative estimate of drug-likeness (QED) is 0.545. The Labute approximate surface area is 163 Å². The Balaban J connectivity index is 2.05. The SMILES string of the molecule is CCOc1ncc(-c2cccc(S(=O)(=O)CC)c2)c2c1[nH]c1ncc(C)cc12. The van der Waals surface area contributed by atoms with Crippen molar-refractivity contribution in [2.45, 2.75) is 25.7 Å². The molecule has 28 heavy (non-hydrogen) atoms. The van der Waals surface area contributed by atoms with Gasteiger partial charge in [-0.3, -0.25) is 0 Å². The van der Waals surface area contributed by atoms with E-state index in [0.29, 0.717) is 17.4 Å². The summed E-state index contributed by atoms with van der Waals surface area (Å²) in [5, 5.41) is 1.88. The van der Waals surface area contributed by atoms with Gasteiger partial charge in [0.1, 0.15) is 11.2 Å². The topological polar surface area (TPSA) is 84.9 Å². The van der Waals surface area contributed by atoms with Gasteiger partial charge in [0.15, 0.2) is 9.84 Å². The average molecular weight is 395 g/mol. The maximum absolute atomic E-state index is 12.3. The summed E-state index contributed by atoms with van der Waals surface area (Å²) < 4.78 is 30.4. The van der Waals surface area contributed by atoms with Crippen LogP contribution in [0.15, 0.2) is 47.6 Å². The van der Waals surface area contributed by atoms with Crippen molar-refractivity contribution in [2.75, 3.05) is 12.4 Å². The molecule has 0 spiro atoms. The van der Waals surface area contributed by atoms with E-state index in [1.807, 2.05) is 19.9 Å². The van der Waals surface area contributed by atoms with E-state index in [1.54, 1.807) is 37.5 Å². The molecule has 0 fully saturated rings. The van der Waals surface area contributed by atoms with Crippen molar-refractivity contribution in [3.63, 3.8) is 0 Å². The lowest BCUT2D eigenvalue weighted by molar-refractivity contribution is 0.331. The second-order valence-corrected chi connectivity index (χ2v) is 8.90. The van der Waals surface area contributed by atoms with E-state index in [1.165, 1.54) is 0 Å². The molecular weight excluding hydrogens is 374 g/mol. The van der Waals surface area contributed by atoms with Gasteiger partial charge in [-0.25, -0.2) is 18.4 Å². The number of sulfone groups is 1. The number of benzene rings is 1. The second kappa shape index (κ2) is 6.91. The zero-order valence-corrected chi connectivity index (χ0v) is 16.8. The number of ether oxygens (including phenoxy) is 1. The predicted octanol–water partition coefficient (Wildman–Crippen LogP) is 4.28. The van der Waals surface area contributed by atoms with Crippen LogP contribution < -0.4 is 4.74 Å². The van der Waals surface area contributed by atoms with Crippen LogP contribution in [0.25, 0.3) is 33.1 Å². The zero-order chi connectivity index (χ0) is 19.9. The molecule has 0 radical (unpaired) electrons. The highest BCUT2D eigenvalue weighted by atomic mass is 32.2. The third kappa shape index (κ3) is 3.01. The summed E-state index contributed by atoms with van der Waals surface area (Å²) in [6.45, 7) is 6.04. The molecule has 0 aliphatic carbocycles.